The third-order valence-electron chi connectivity index (χ3n) is 4.07. The second kappa shape index (κ2) is 7.46. The molecule has 0 unspecified atom stereocenters. The molecule has 1 amide bonds. The quantitative estimate of drug-likeness (QED) is 0.651. The van der Waals surface area contributed by atoms with Crippen LogP contribution in [0, 0.1) is 0 Å². The van der Waals surface area contributed by atoms with Gasteiger partial charge in [-0.15, -0.1) is 11.3 Å². The van der Waals surface area contributed by atoms with Gasteiger partial charge in [-0.25, -0.2) is 4.98 Å². The van der Waals surface area contributed by atoms with Crippen LogP contribution in [0.1, 0.15) is 6.92 Å². The molecule has 1 atom stereocenters. The topological polar surface area (TPSA) is 67.6 Å². The van der Waals surface area contributed by atoms with Crippen LogP contribution in [0.3, 0.4) is 0 Å². The minimum Gasteiger partial charge on any atom is -0.289 e. The number of fused-ring (bicyclic) bond motifs is 1. The first kappa shape index (κ1) is 18.2. The molecule has 27 heavy (non-hydrogen) atoms. The van der Waals surface area contributed by atoms with Crippen molar-refractivity contribution in [1.82, 2.24) is 9.55 Å². The number of halogens is 1. The van der Waals surface area contributed by atoms with Crippen LogP contribution in [-0.2, 0) is 11.3 Å². The van der Waals surface area contributed by atoms with Gasteiger partial charge >= 0.3 is 0 Å². The average molecular weight is 419 g/mol. The van der Waals surface area contributed by atoms with Gasteiger partial charge in [0.15, 0.2) is 5.17 Å². The van der Waals surface area contributed by atoms with Gasteiger partial charge in [0.05, 0.1) is 23.4 Å². The number of carbonyl (C=O) groups excluding carboxylic acids is 1. The molecular formula is C18H15ClN4O2S2. The molecular weight excluding hydrogens is 404 g/mol. The second-order valence-corrected chi connectivity index (χ2v) is 8.41. The predicted molar refractivity (Wildman–Crippen MR) is 112 cm³/mol. The van der Waals surface area contributed by atoms with E-state index in [0.717, 1.165) is 5.75 Å². The maximum atomic E-state index is 13.1. The lowest BCUT2D eigenvalue weighted by Crippen LogP contribution is -2.39. The molecule has 0 fully saturated rings. The van der Waals surface area contributed by atoms with Crippen molar-refractivity contribution >= 4 is 61.7 Å². The number of anilines is 1. The van der Waals surface area contributed by atoms with E-state index in [4.69, 9.17) is 11.6 Å². The van der Waals surface area contributed by atoms with E-state index in [1.807, 2.05) is 12.3 Å². The molecule has 0 saturated heterocycles. The summed E-state index contributed by atoms with van der Waals surface area (Å²) in [6.45, 7) is 1.89. The maximum absolute atomic E-state index is 13.1. The number of rotatable bonds is 3. The number of aromatic nitrogens is 2. The van der Waals surface area contributed by atoms with E-state index in [-0.39, 0.29) is 24.1 Å². The summed E-state index contributed by atoms with van der Waals surface area (Å²) < 4.78 is 1.34. The second-order valence-electron chi connectivity index (χ2n) is 6.09. The van der Waals surface area contributed by atoms with Gasteiger partial charge in [0.2, 0.25) is 0 Å². The first-order valence-corrected chi connectivity index (χ1v) is 10.5. The molecule has 0 spiro atoms. The molecule has 0 radical (unpaired) electrons. The summed E-state index contributed by atoms with van der Waals surface area (Å²) in [6.07, 6.45) is 1.42. The van der Waals surface area contributed by atoms with E-state index >= 15 is 0 Å². The Morgan fingerprint density at radius 2 is 2.11 bits per heavy atom. The highest BCUT2D eigenvalue weighted by atomic mass is 35.5. The molecule has 2 aromatic heterocycles. The van der Waals surface area contributed by atoms with Crippen molar-refractivity contribution in [1.29, 1.82) is 0 Å². The van der Waals surface area contributed by atoms with Crippen LogP contribution >= 0.6 is 34.7 Å². The minimum absolute atomic E-state index is 0.117. The number of aliphatic imine (C=N–C) groups is 1. The molecule has 3 aromatic rings. The zero-order chi connectivity index (χ0) is 19.0. The number of nitrogens with zero attached hydrogens (tertiary/aromatic N) is 4. The number of hydrogen-bond donors (Lipinski definition) is 0. The lowest BCUT2D eigenvalue weighted by Gasteiger charge is -2.22. The van der Waals surface area contributed by atoms with Crippen LogP contribution in [0.4, 0.5) is 5.69 Å². The molecule has 3 heterocycles. The Morgan fingerprint density at radius 1 is 1.33 bits per heavy atom. The van der Waals surface area contributed by atoms with Crippen molar-refractivity contribution in [2.45, 2.75) is 19.5 Å². The number of benzene rings is 1. The summed E-state index contributed by atoms with van der Waals surface area (Å²) in [6, 6.07) is 8.87. The lowest BCUT2D eigenvalue weighted by atomic mass is 10.3. The van der Waals surface area contributed by atoms with E-state index in [1.54, 1.807) is 35.2 Å². The van der Waals surface area contributed by atoms with Crippen molar-refractivity contribution in [3.63, 3.8) is 0 Å². The van der Waals surface area contributed by atoms with Crippen molar-refractivity contribution < 1.29 is 4.79 Å². The van der Waals surface area contributed by atoms with Gasteiger partial charge in [0.25, 0.3) is 11.5 Å². The molecule has 0 bridgehead atoms. The van der Waals surface area contributed by atoms with Crippen LogP contribution < -0.4 is 10.5 Å². The molecule has 1 aliphatic heterocycles. The fourth-order valence-corrected chi connectivity index (χ4v) is 4.66. The van der Waals surface area contributed by atoms with Crippen LogP contribution in [0.2, 0.25) is 5.02 Å². The lowest BCUT2D eigenvalue weighted by molar-refractivity contribution is -0.118. The molecule has 1 aliphatic rings. The SMILES string of the molecule is C[C@@H]1CSC(N(C(=O)Cn2cnc3sccc3c2=O)c2ccc(Cl)cc2)=N1. The average Bonchev–Trinajstić information content (AvgIpc) is 3.29. The van der Waals surface area contributed by atoms with Gasteiger partial charge in [-0.1, -0.05) is 23.4 Å². The predicted octanol–water partition coefficient (Wildman–Crippen LogP) is 3.64. The molecule has 0 saturated carbocycles. The molecule has 1 aromatic carbocycles. The molecule has 6 nitrogen and oxygen atoms in total. The summed E-state index contributed by atoms with van der Waals surface area (Å²) in [5, 5.41) is 3.56. The zero-order valence-electron chi connectivity index (χ0n) is 14.3. The van der Waals surface area contributed by atoms with E-state index < -0.39 is 0 Å². The van der Waals surface area contributed by atoms with Gasteiger partial charge in [-0.2, -0.15) is 0 Å². The Morgan fingerprint density at radius 3 is 2.81 bits per heavy atom. The monoisotopic (exact) mass is 418 g/mol. The third-order valence-corrected chi connectivity index (χ3v) is 6.33. The van der Waals surface area contributed by atoms with E-state index in [2.05, 4.69) is 9.98 Å². The zero-order valence-corrected chi connectivity index (χ0v) is 16.7. The Hall–Kier alpha value is -2.16. The standard InChI is InChI=1S/C18H15ClN4O2S2/c1-11-9-27-18(21-11)23(13-4-2-12(19)3-5-13)15(24)8-22-10-20-16-14(17(22)25)6-7-26-16/h2-7,10-11H,8-9H2,1H3/t11-/m1/s1. The fourth-order valence-electron chi connectivity index (χ4n) is 2.75. The van der Waals surface area contributed by atoms with Gasteiger partial charge in [-0.05, 0) is 42.6 Å². The van der Waals surface area contributed by atoms with Crippen LogP contribution in [0.25, 0.3) is 10.2 Å². The Bertz CT molecular complexity index is 1090. The Balaban J connectivity index is 1.69. The number of amides is 1. The van der Waals surface area contributed by atoms with Gasteiger partial charge in [-0.3, -0.25) is 24.0 Å². The van der Waals surface area contributed by atoms with Crippen molar-refractivity contribution in [2.24, 2.45) is 4.99 Å². The van der Waals surface area contributed by atoms with Gasteiger partial charge in [0.1, 0.15) is 11.4 Å². The molecule has 0 aliphatic carbocycles. The molecule has 4 rings (SSSR count). The first-order valence-electron chi connectivity index (χ1n) is 8.24. The third kappa shape index (κ3) is 3.65. The number of hydrogen-bond acceptors (Lipinski definition) is 6. The van der Waals surface area contributed by atoms with Gasteiger partial charge < -0.3 is 0 Å². The number of thioether (sulfide) groups is 1. The number of carbonyl (C=O) groups is 1. The fraction of sp³-hybridized carbons (Fsp3) is 0.222. The Labute approximate surface area is 168 Å². The highest BCUT2D eigenvalue weighted by Crippen LogP contribution is 2.27. The molecule has 0 N–H and O–H groups in total. The summed E-state index contributed by atoms with van der Waals surface area (Å²) >= 11 is 8.91. The van der Waals surface area contributed by atoms with Crippen LogP contribution in [-0.4, -0.2) is 32.4 Å². The Kier molecular flexibility index (Phi) is 5.03. The first-order chi connectivity index (χ1) is 13.0. The van der Waals surface area contributed by atoms with Crippen LogP contribution in [0.15, 0.2) is 51.8 Å². The summed E-state index contributed by atoms with van der Waals surface area (Å²) in [7, 11) is 0. The van der Waals surface area contributed by atoms with Crippen molar-refractivity contribution in [3.8, 4) is 0 Å². The number of amidine groups is 1. The summed E-state index contributed by atoms with van der Waals surface area (Å²) in [5.74, 6) is 0.561. The van der Waals surface area contributed by atoms with Crippen LogP contribution in [0.5, 0.6) is 0 Å². The largest absolute Gasteiger partial charge is 0.289 e. The highest BCUT2D eigenvalue weighted by Gasteiger charge is 2.27. The highest BCUT2D eigenvalue weighted by molar-refractivity contribution is 8.14. The minimum atomic E-state index is -0.254. The molecule has 9 heteroatoms. The molecule has 138 valence electrons. The smallest absolute Gasteiger partial charge is 0.262 e. The summed E-state index contributed by atoms with van der Waals surface area (Å²) in [4.78, 5) is 36.8. The van der Waals surface area contributed by atoms with Gasteiger partial charge in [0, 0.05) is 10.8 Å². The summed E-state index contributed by atoms with van der Waals surface area (Å²) in [5.41, 5.74) is 0.447. The van der Waals surface area contributed by atoms with E-state index in [1.165, 1.54) is 34.0 Å². The van der Waals surface area contributed by atoms with Crippen molar-refractivity contribution in [2.75, 3.05) is 10.7 Å². The normalized spacial score (nSPS) is 16.5. The van der Waals surface area contributed by atoms with E-state index in [0.29, 0.717) is 26.1 Å². The maximum Gasteiger partial charge on any atom is 0.262 e. The van der Waals surface area contributed by atoms with E-state index in [9.17, 15) is 9.59 Å². The number of thiophene rings is 1. The van der Waals surface area contributed by atoms with Crippen molar-refractivity contribution in [3.05, 3.63) is 57.4 Å².